The highest BCUT2D eigenvalue weighted by atomic mass is 19.3. The van der Waals surface area contributed by atoms with E-state index in [0.717, 1.165) is 23.8 Å². The number of rotatable bonds is 6. The van der Waals surface area contributed by atoms with Gasteiger partial charge in [0.1, 0.15) is 17.4 Å². The van der Waals surface area contributed by atoms with Crippen molar-refractivity contribution in [3.63, 3.8) is 0 Å². The first kappa shape index (κ1) is 15.3. The highest BCUT2D eigenvalue weighted by Crippen LogP contribution is 2.15. The Labute approximate surface area is 119 Å². The Kier molecular flexibility index (Phi) is 5.16. The van der Waals surface area contributed by atoms with Gasteiger partial charge in [-0.2, -0.15) is 8.78 Å². The van der Waals surface area contributed by atoms with Crippen LogP contribution in [-0.4, -0.2) is 6.61 Å². The van der Waals surface area contributed by atoms with Crippen LogP contribution in [0.2, 0.25) is 0 Å². The minimum absolute atomic E-state index is 0.0740. The lowest BCUT2D eigenvalue weighted by Crippen LogP contribution is -2.14. The fourth-order valence-corrected chi connectivity index (χ4v) is 1.81. The van der Waals surface area contributed by atoms with Gasteiger partial charge in [0.25, 0.3) is 0 Å². The third-order valence-electron chi connectivity index (χ3n) is 2.80. The summed E-state index contributed by atoms with van der Waals surface area (Å²) in [5, 5.41) is 2.95. The van der Waals surface area contributed by atoms with E-state index in [2.05, 4.69) is 10.1 Å². The molecule has 0 atom stereocenters. The molecule has 0 aliphatic carbocycles. The second-order valence-electron chi connectivity index (χ2n) is 4.36. The van der Waals surface area contributed by atoms with Crippen LogP contribution >= 0.6 is 0 Å². The topological polar surface area (TPSA) is 21.3 Å². The van der Waals surface area contributed by atoms with Gasteiger partial charge in [0, 0.05) is 18.7 Å². The van der Waals surface area contributed by atoms with Gasteiger partial charge in [-0.25, -0.2) is 8.78 Å². The molecule has 0 unspecified atom stereocenters. The summed E-state index contributed by atoms with van der Waals surface area (Å²) in [7, 11) is 0. The van der Waals surface area contributed by atoms with E-state index in [9.17, 15) is 17.6 Å². The summed E-state index contributed by atoms with van der Waals surface area (Å²) in [6, 6.07) is 9.34. The Balaban J connectivity index is 1.87. The predicted octanol–water partition coefficient (Wildman–Crippen LogP) is 3.86. The standard InChI is InChI=1S/C15H13F4NO/c16-12-3-6-14(17)11(7-12)9-20-8-10-1-4-13(5-2-10)21-15(18)19/h1-7,15,20H,8-9H2. The van der Waals surface area contributed by atoms with E-state index in [1.807, 2.05) is 0 Å². The summed E-state index contributed by atoms with van der Waals surface area (Å²) in [5.41, 5.74) is 1.04. The molecule has 112 valence electrons. The van der Waals surface area contributed by atoms with Crippen molar-refractivity contribution < 1.29 is 22.3 Å². The lowest BCUT2D eigenvalue weighted by Gasteiger charge is -2.08. The minimum atomic E-state index is -2.86. The van der Waals surface area contributed by atoms with Crippen LogP contribution in [0.3, 0.4) is 0 Å². The molecule has 6 heteroatoms. The number of halogens is 4. The van der Waals surface area contributed by atoms with Gasteiger partial charge in [-0.3, -0.25) is 0 Å². The molecular weight excluding hydrogens is 286 g/mol. The highest BCUT2D eigenvalue weighted by molar-refractivity contribution is 5.27. The largest absolute Gasteiger partial charge is 0.435 e. The van der Waals surface area contributed by atoms with E-state index < -0.39 is 18.2 Å². The Morgan fingerprint density at radius 1 is 0.952 bits per heavy atom. The van der Waals surface area contributed by atoms with Crippen molar-refractivity contribution in [1.82, 2.24) is 5.32 Å². The van der Waals surface area contributed by atoms with Crippen molar-refractivity contribution in [2.24, 2.45) is 0 Å². The van der Waals surface area contributed by atoms with Crippen molar-refractivity contribution in [3.05, 3.63) is 65.2 Å². The maximum absolute atomic E-state index is 13.4. The molecule has 0 spiro atoms. The summed E-state index contributed by atoms with van der Waals surface area (Å²) in [6.07, 6.45) is 0. The zero-order valence-electron chi connectivity index (χ0n) is 11.0. The lowest BCUT2D eigenvalue weighted by atomic mass is 10.2. The van der Waals surface area contributed by atoms with E-state index in [0.29, 0.717) is 6.54 Å². The van der Waals surface area contributed by atoms with E-state index in [1.54, 1.807) is 12.1 Å². The van der Waals surface area contributed by atoms with Crippen LogP contribution in [0.15, 0.2) is 42.5 Å². The highest BCUT2D eigenvalue weighted by Gasteiger charge is 2.05. The number of alkyl halides is 2. The maximum Gasteiger partial charge on any atom is 0.387 e. The number of hydrogen-bond donors (Lipinski definition) is 1. The number of benzene rings is 2. The zero-order valence-corrected chi connectivity index (χ0v) is 11.0. The molecule has 0 heterocycles. The van der Waals surface area contributed by atoms with Gasteiger partial charge in [-0.1, -0.05) is 12.1 Å². The smallest absolute Gasteiger partial charge is 0.387 e. The summed E-state index contributed by atoms with van der Waals surface area (Å²) in [6.45, 7) is -2.30. The van der Waals surface area contributed by atoms with Gasteiger partial charge in [-0.15, -0.1) is 0 Å². The second-order valence-corrected chi connectivity index (χ2v) is 4.36. The molecule has 0 fully saturated rings. The van der Waals surface area contributed by atoms with Crippen molar-refractivity contribution in [2.45, 2.75) is 19.7 Å². The first-order valence-electron chi connectivity index (χ1n) is 6.23. The Morgan fingerprint density at radius 3 is 2.33 bits per heavy atom. The molecule has 0 radical (unpaired) electrons. The number of hydrogen-bond acceptors (Lipinski definition) is 2. The SMILES string of the molecule is Fc1ccc(F)c(CNCc2ccc(OC(F)F)cc2)c1. The van der Waals surface area contributed by atoms with E-state index in [4.69, 9.17) is 0 Å². The molecule has 0 saturated heterocycles. The van der Waals surface area contributed by atoms with Gasteiger partial charge in [-0.05, 0) is 35.9 Å². The molecule has 0 aliphatic heterocycles. The van der Waals surface area contributed by atoms with Gasteiger partial charge in [0.15, 0.2) is 0 Å². The van der Waals surface area contributed by atoms with Crippen LogP contribution in [0, 0.1) is 11.6 Å². The molecule has 0 bridgehead atoms. The van der Waals surface area contributed by atoms with E-state index in [-0.39, 0.29) is 17.9 Å². The van der Waals surface area contributed by atoms with Crippen LogP contribution in [0.4, 0.5) is 17.6 Å². The van der Waals surface area contributed by atoms with Crippen LogP contribution in [-0.2, 0) is 13.1 Å². The third kappa shape index (κ3) is 4.75. The first-order chi connectivity index (χ1) is 10.0. The van der Waals surface area contributed by atoms with Crippen molar-refractivity contribution >= 4 is 0 Å². The number of nitrogens with one attached hydrogen (secondary N) is 1. The summed E-state index contributed by atoms with van der Waals surface area (Å²) < 4.78 is 54.5. The van der Waals surface area contributed by atoms with Gasteiger partial charge >= 0.3 is 6.61 Å². The number of ether oxygens (including phenoxy) is 1. The zero-order chi connectivity index (χ0) is 15.2. The quantitative estimate of drug-likeness (QED) is 0.818. The molecule has 1 N–H and O–H groups in total. The fraction of sp³-hybridized carbons (Fsp3) is 0.200. The van der Waals surface area contributed by atoms with Gasteiger partial charge in [0.2, 0.25) is 0 Å². The summed E-state index contributed by atoms with van der Waals surface area (Å²) in [4.78, 5) is 0. The molecule has 0 aromatic heterocycles. The average Bonchev–Trinajstić information content (AvgIpc) is 2.44. The van der Waals surface area contributed by atoms with Crippen molar-refractivity contribution in [1.29, 1.82) is 0 Å². The van der Waals surface area contributed by atoms with Crippen LogP contribution in [0.5, 0.6) is 5.75 Å². The maximum atomic E-state index is 13.4. The molecule has 2 aromatic carbocycles. The van der Waals surface area contributed by atoms with Gasteiger partial charge in [0.05, 0.1) is 0 Å². The van der Waals surface area contributed by atoms with Crippen molar-refractivity contribution in [2.75, 3.05) is 0 Å². The van der Waals surface area contributed by atoms with Crippen molar-refractivity contribution in [3.8, 4) is 5.75 Å². The Morgan fingerprint density at radius 2 is 1.67 bits per heavy atom. The molecular formula is C15H13F4NO. The van der Waals surface area contributed by atoms with E-state index in [1.165, 1.54) is 12.1 Å². The fourth-order valence-electron chi connectivity index (χ4n) is 1.81. The molecule has 2 nitrogen and oxygen atoms in total. The lowest BCUT2D eigenvalue weighted by molar-refractivity contribution is -0.0498. The monoisotopic (exact) mass is 299 g/mol. The second kappa shape index (κ2) is 7.08. The predicted molar refractivity (Wildman–Crippen MR) is 70.0 cm³/mol. The first-order valence-corrected chi connectivity index (χ1v) is 6.23. The molecule has 2 rings (SSSR count). The third-order valence-corrected chi connectivity index (χ3v) is 2.80. The average molecular weight is 299 g/mol. The van der Waals surface area contributed by atoms with Crippen LogP contribution < -0.4 is 10.1 Å². The normalized spacial score (nSPS) is 10.9. The molecule has 0 saturated carbocycles. The van der Waals surface area contributed by atoms with E-state index >= 15 is 0 Å². The minimum Gasteiger partial charge on any atom is -0.435 e. The summed E-state index contributed by atoms with van der Waals surface area (Å²) >= 11 is 0. The molecule has 0 amide bonds. The molecule has 2 aromatic rings. The Bertz CT molecular complexity index is 587. The van der Waals surface area contributed by atoms with Gasteiger partial charge < -0.3 is 10.1 Å². The van der Waals surface area contributed by atoms with Crippen LogP contribution in [0.1, 0.15) is 11.1 Å². The molecule has 21 heavy (non-hydrogen) atoms. The van der Waals surface area contributed by atoms with Crippen LogP contribution in [0.25, 0.3) is 0 Å². The Hall–Kier alpha value is -2.08. The summed E-state index contributed by atoms with van der Waals surface area (Å²) in [5.74, 6) is -0.906. The molecule has 0 aliphatic rings.